The van der Waals surface area contributed by atoms with Crippen molar-refractivity contribution in [3.63, 3.8) is 0 Å². The molecule has 0 spiro atoms. The number of carbonyl (C=O) groups excluding carboxylic acids is 2. The standard InChI is InChI=1S/C30H36F2N4O3/c1-29(2,32)19-35-13-9-20(10-14-35)18-39-26-8-6-21(15-23(26)17-33)22-5-7-24(25(31)16-22)27(37)36-12-4-11-30(36,3)28(34)38/h5-8,15-16,20H,4,9-14,18-19H2,1-3H3,(H2,34,38)/t30-/m0/s1. The average molecular weight is 539 g/mol. The molecule has 2 aliphatic heterocycles. The molecule has 2 fully saturated rings. The molecule has 4 rings (SSSR count). The molecule has 2 aromatic rings. The second-order valence-corrected chi connectivity index (χ2v) is 11.5. The zero-order valence-electron chi connectivity index (χ0n) is 22.8. The monoisotopic (exact) mass is 538 g/mol. The topological polar surface area (TPSA) is 99.7 Å². The molecule has 0 bridgehead atoms. The summed E-state index contributed by atoms with van der Waals surface area (Å²) in [5.41, 5.74) is 4.50. The Balaban J connectivity index is 1.42. The van der Waals surface area contributed by atoms with Crippen molar-refractivity contribution in [3.8, 4) is 22.9 Å². The lowest BCUT2D eigenvalue weighted by Gasteiger charge is -2.34. The Labute approximate surface area is 228 Å². The van der Waals surface area contributed by atoms with Crippen LogP contribution in [0.5, 0.6) is 5.75 Å². The van der Waals surface area contributed by atoms with Gasteiger partial charge in [-0.05, 0) is 101 Å². The van der Waals surface area contributed by atoms with E-state index >= 15 is 4.39 Å². The Hall–Kier alpha value is -3.51. The van der Waals surface area contributed by atoms with Crippen molar-refractivity contribution in [3.05, 3.63) is 53.3 Å². The second kappa shape index (κ2) is 11.3. The van der Waals surface area contributed by atoms with Crippen molar-refractivity contribution in [1.82, 2.24) is 9.80 Å². The van der Waals surface area contributed by atoms with Gasteiger partial charge in [-0.3, -0.25) is 9.59 Å². The van der Waals surface area contributed by atoms with E-state index in [1.807, 2.05) is 0 Å². The maximum absolute atomic E-state index is 15.1. The molecule has 2 N–H and O–H groups in total. The molecule has 1 atom stereocenters. The first-order valence-electron chi connectivity index (χ1n) is 13.4. The number of hydrogen-bond donors (Lipinski definition) is 1. The summed E-state index contributed by atoms with van der Waals surface area (Å²) in [6.45, 7) is 7.63. The lowest BCUT2D eigenvalue weighted by molar-refractivity contribution is -0.126. The van der Waals surface area contributed by atoms with Crippen LogP contribution in [0, 0.1) is 23.1 Å². The van der Waals surface area contributed by atoms with E-state index < -0.39 is 28.8 Å². The number of ether oxygens (including phenoxy) is 1. The van der Waals surface area contributed by atoms with Crippen LogP contribution < -0.4 is 10.5 Å². The third-order valence-electron chi connectivity index (χ3n) is 7.83. The molecule has 0 unspecified atom stereocenters. The number of halogens is 2. The summed E-state index contributed by atoms with van der Waals surface area (Å²) in [5, 5.41) is 9.72. The van der Waals surface area contributed by atoms with Crippen LogP contribution in [-0.2, 0) is 4.79 Å². The minimum atomic E-state index is -1.22. The van der Waals surface area contributed by atoms with Gasteiger partial charge in [0.05, 0.1) is 17.7 Å². The third kappa shape index (κ3) is 6.39. The number of likely N-dealkylation sites (tertiary alicyclic amines) is 2. The summed E-state index contributed by atoms with van der Waals surface area (Å²) in [7, 11) is 0. The van der Waals surface area contributed by atoms with Crippen LogP contribution in [0.1, 0.15) is 62.4 Å². The Kier molecular flexibility index (Phi) is 8.26. The van der Waals surface area contributed by atoms with Gasteiger partial charge >= 0.3 is 0 Å². The molecule has 2 heterocycles. The summed E-state index contributed by atoms with van der Waals surface area (Å²) in [4.78, 5) is 28.5. The van der Waals surface area contributed by atoms with E-state index in [1.165, 1.54) is 17.0 Å². The van der Waals surface area contributed by atoms with Gasteiger partial charge in [0.2, 0.25) is 5.91 Å². The predicted octanol–water partition coefficient (Wildman–Crippen LogP) is 4.68. The van der Waals surface area contributed by atoms with E-state index in [9.17, 15) is 19.2 Å². The number of hydrogen-bond acceptors (Lipinski definition) is 5. The normalized spacial score (nSPS) is 20.6. The number of nitrogens with two attached hydrogens (primary N) is 1. The van der Waals surface area contributed by atoms with Gasteiger partial charge in [0, 0.05) is 13.1 Å². The van der Waals surface area contributed by atoms with Gasteiger partial charge in [-0.1, -0.05) is 12.1 Å². The molecule has 7 nitrogen and oxygen atoms in total. The van der Waals surface area contributed by atoms with Crippen molar-refractivity contribution in [2.24, 2.45) is 11.7 Å². The van der Waals surface area contributed by atoms with Gasteiger partial charge in [-0.2, -0.15) is 5.26 Å². The molecule has 2 aromatic carbocycles. The number of alkyl halides is 1. The Morgan fingerprint density at radius 1 is 1.15 bits per heavy atom. The van der Waals surface area contributed by atoms with E-state index in [2.05, 4.69) is 11.0 Å². The van der Waals surface area contributed by atoms with Crippen molar-refractivity contribution in [2.75, 3.05) is 32.8 Å². The van der Waals surface area contributed by atoms with E-state index in [0.717, 1.165) is 25.9 Å². The average Bonchev–Trinajstić information content (AvgIpc) is 3.30. The van der Waals surface area contributed by atoms with Crippen LogP contribution in [0.3, 0.4) is 0 Å². The number of amides is 2. The maximum atomic E-state index is 15.1. The zero-order valence-corrected chi connectivity index (χ0v) is 22.8. The molecule has 9 heteroatoms. The van der Waals surface area contributed by atoms with Crippen LogP contribution in [0.25, 0.3) is 11.1 Å². The number of benzene rings is 2. The second-order valence-electron chi connectivity index (χ2n) is 11.5. The first kappa shape index (κ1) is 28.5. The van der Waals surface area contributed by atoms with Crippen LogP contribution in [0.4, 0.5) is 8.78 Å². The Morgan fingerprint density at radius 3 is 2.44 bits per heavy atom. The number of nitriles is 1. The minimum absolute atomic E-state index is 0.130. The van der Waals surface area contributed by atoms with Crippen molar-refractivity contribution in [2.45, 2.75) is 57.7 Å². The first-order chi connectivity index (χ1) is 18.4. The summed E-state index contributed by atoms with van der Waals surface area (Å²) >= 11 is 0. The lowest BCUT2D eigenvalue weighted by Crippen LogP contribution is -2.54. The molecule has 0 aromatic heterocycles. The predicted molar refractivity (Wildman–Crippen MR) is 144 cm³/mol. The fraction of sp³-hybridized carbons (Fsp3) is 0.500. The number of carbonyl (C=O) groups is 2. The van der Waals surface area contributed by atoms with Crippen LogP contribution >= 0.6 is 0 Å². The van der Waals surface area contributed by atoms with Gasteiger partial charge < -0.3 is 20.3 Å². The summed E-state index contributed by atoms with van der Waals surface area (Å²) in [6, 6.07) is 11.5. The lowest BCUT2D eigenvalue weighted by atomic mass is 9.96. The molecular weight excluding hydrogens is 502 g/mol. The van der Waals surface area contributed by atoms with Crippen LogP contribution in [-0.4, -0.2) is 65.6 Å². The zero-order chi connectivity index (χ0) is 28.4. The molecule has 0 radical (unpaired) electrons. The third-order valence-corrected chi connectivity index (χ3v) is 7.83. The van der Waals surface area contributed by atoms with Gasteiger partial charge in [-0.15, -0.1) is 0 Å². The van der Waals surface area contributed by atoms with Gasteiger partial charge in [0.25, 0.3) is 5.91 Å². The fourth-order valence-corrected chi connectivity index (χ4v) is 5.53. The number of primary amides is 1. The number of rotatable bonds is 8. The Morgan fingerprint density at radius 2 is 1.82 bits per heavy atom. The van der Waals surface area contributed by atoms with Crippen molar-refractivity contribution >= 4 is 11.8 Å². The van der Waals surface area contributed by atoms with Gasteiger partial charge in [-0.25, -0.2) is 8.78 Å². The molecular formula is C30H36F2N4O3. The highest BCUT2D eigenvalue weighted by Crippen LogP contribution is 2.33. The number of nitrogens with zero attached hydrogens (tertiary/aromatic N) is 3. The molecule has 2 aliphatic rings. The van der Waals surface area contributed by atoms with Crippen molar-refractivity contribution in [1.29, 1.82) is 5.26 Å². The minimum Gasteiger partial charge on any atom is -0.492 e. The van der Waals surface area contributed by atoms with E-state index in [1.54, 1.807) is 45.0 Å². The summed E-state index contributed by atoms with van der Waals surface area (Å²) < 4.78 is 35.0. The molecule has 0 saturated carbocycles. The highest BCUT2D eigenvalue weighted by Gasteiger charge is 2.45. The fourth-order valence-electron chi connectivity index (χ4n) is 5.53. The summed E-state index contributed by atoms with van der Waals surface area (Å²) in [6.07, 6.45) is 2.86. The van der Waals surface area contributed by atoms with Crippen molar-refractivity contribution < 1.29 is 23.1 Å². The van der Waals surface area contributed by atoms with Crippen LogP contribution in [0.15, 0.2) is 36.4 Å². The van der Waals surface area contributed by atoms with Crippen LogP contribution in [0.2, 0.25) is 0 Å². The molecule has 208 valence electrons. The highest BCUT2D eigenvalue weighted by atomic mass is 19.1. The molecule has 0 aliphatic carbocycles. The maximum Gasteiger partial charge on any atom is 0.257 e. The SMILES string of the molecule is CC(C)(F)CN1CCC(COc2ccc(-c3ccc(C(=O)N4CCC[C@@]4(C)C(N)=O)c(F)c3)cc2C#N)CC1. The van der Waals surface area contributed by atoms with E-state index in [0.29, 0.717) is 60.9 Å². The van der Waals surface area contributed by atoms with Gasteiger partial charge in [0.15, 0.2) is 0 Å². The highest BCUT2D eigenvalue weighted by molar-refractivity contribution is 5.99. The van der Waals surface area contributed by atoms with E-state index in [4.69, 9.17) is 10.5 Å². The molecule has 2 saturated heterocycles. The largest absolute Gasteiger partial charge is 0.492 e. The quantitative estimate of drug-likeness (QED) is 0.526. The summed E-state index contributed by atoms with van der Waals surface area (Å²) in [5.74, 6) is -1.11. The first-order valence-corrected chi connectivity index (χ1v) is 13.4. The van der Waals surface area contributed by atoms with Gasteiger partial charge in [0.1, 0.15) is 28.8 Å². The Bertz CT molecular complexity index is 1280. The molecule has 39 heavy (non-hydrogen) atoms. The van der Waals surface area contributed by atoms with E-state index in [-0.39, 0.29) is 5.56 Å². The molecule has 2 amide bonds. The number of piperidine rings is 1. The smallest absolute Gasteiger partial charge is 0.257 e.